The standard InChI is InChI=1S/C14H23N.ClH/c1-4-13-5-7-14(8-6-13)11-15-10-9-12(2)3;/h5-8,12,15H,4,9-11H2,1-3H3;1H. The molecule has 0 amide bonds. The van der Waals surface area contributed by atoms with E-state index in [4.69, 9.17) is 0 Å². The summed E-state index contributed by atoms with van der Waals surface area (Å²) >= 11 is 0. The number of halogens is 1. The fourth-order valence-corrected chi connectivity index (χ4v) is 1.52. The minimum Gasteiger partial charge on any atom is -0.313 e. The molecule has 1 N–H and O–H groups in total. The Kier molecular flexibility index (Phi) is 8.32. The number of hydrogen-bond donors (Lipinski definition) is 1. The number of aryl methyl sites for hydroxylation is 1. The monoisotopic (exact) mass is 241 g/mol. The van der Waals surface area contributed by atoms with Crippen LogP contribution in [0.15, 0.2) is 24.3 Å². The lowest BCUT2D eigenvalue weighted by Crippen LogP contribution is -2.16. The van der Waals surface area contributed by atoms with Crippen LogP contribution in [-0.2, 0) is 13.0 Å². The molecule has 0 aromatic heterocycles. The quantitative estimate of drug-likeness (QED) is 0.747. The highest BCUT2D eigenvalue weighted by Crippen LogP contribution is 2.05. The summed E-state index contributed by atoms with van der Waals surface area (Å²) < 4.78 is 0. The Morgan fingerprint density at radius 3 is 2.12 bits per heavy atom. The maximum absolute atomic E-state index is 3.47. The second-order valence-electron chi connectivity index (χ2n) is 4.53. The highest BCUT2D eigenvalue weighted by atomic mass is 35.5. The molecule has 0 saturated heterocycles. The van der Waals surface area contributed by atoms with E-state index in [1.54, 1.807) is 0 Å². The lowest BCUT2D eigenvalue weighted by atomic mass is 10.1. The molecule has 1 aromatic rings. The molecular weight excluding hydrogens is 218 g/mol. The van der Waals surface area contributed by atoms with Crippen molar-refractivity contribution in [2.45, 2.75) is 40.2 Å². The van der Waals surface area contributed by atoms with Crippen molar-refractivity contribution in [1.82, 2.24) is 5.32 Å². The van der Waals surface area contributed by atoms with E-state index in [-0.39, 0.29) is 12.4 Å². The predicted molar refractivity (Wildman–Crippen MR) is 74.2 cm³/mol. The summed E-state index contributed by atoms with van der Waals surface area (Å²) in [6.45, 7) is 8.83. The van der Waals surface area contributed by atoms with Crippen LogP contribution in [0.25, 0.3) is 0 Å². The summed E-state index contributed by atoms with van der Waals surface area (Å²) in [5.74, 6) is 0.792. The number of nitrogens with one attached hydrogen (secondary N) is 1. The summed E-state index contributed by atoms with van der Waals surface area (Å²) in [6.07, 6.45) is 2.38. The molecule has 92 valence electrons. The van der Waals surface area contributed by atoms with Crippen LogP contribution >= 0.6 is 12.4 Å². The molecule has 0 aliphatic heterocycles. The van der Waals surface area contributed by atoms with Crippen molar-refractivity contribution in [3.05, 3.63) is 35.4 Å². The van der Waals surface area contributed by atoms with Crippen molar-refractivity contribution in [1.29, 1.82) is 0 Å². The molecule has 0 radical (unpaired) electrons. The van der Waals surface area contributed by atoms with Gasteiger partial charge in [0.05, 0.1) is 0 Å². The third-order valence-electron chi connectivity index (χ3n) is 2.66. The first-order valence-corrected chi connectivity index (χ1v) is 6.01. The topological polar surface area (TPSA) is 12.0 Å². The van der Waals surface area contributed by atoms with Gasteiger partial charge in [-0.3, -0.25) is 0 Å². The zero-order valence-electron chi connectivity index (χ0n) is 10.6. The molecule has 0 fully saturated rings. The molecule has 0 aliphatic carbocycles. The smallest absolute Gasteiger partial charge is 0.0205 e. The average Bonchev–Trinajstić information content (AvgIpc) is 2.25. The van der Waals surface area contributed by atoms with Gasteiger partial charge in [0.1, 0.15) is 0 Å². The zero-order chi connectivity index (χ0) is 11.1. The van der Waals surface area contributed by atoms with Crippen molar-refractivity contribution in [2.24, 2.45) is 5.92 Å². The average molecular weight is 242 g/mol. The van der Waals surface area contributed by atoms with Gasteiger partial charge in [-0.1, -0.05) is 45.0 Å². The predicted octanol–water partition coefficient (Wildman–Crippen LogP) is 3.81. The van der Waals surface area contributed by atoms with Gasteiger partial charge in [0, 0.05) is 6.54 Å². The first-order valence-electron chi connectivity index (χ1n) is 6.01. The van der Waals surface area contributed by atoms with Crippen LogP contribution in [0.1, 0.15) is 38.3 Å². The van der Waals surface area contributed by atoms with Crippen LogP contribution < -0.4 is 5.32 Å². The van der Waals surface area contributed by atoms with E-state index < -0.39 is 0 Å². The zero-order valence-corrected chi connectivity index (χ0v) is 11.4. The molecule has 2 heteroatoms. The van der Waals surface area contributed by atoms with Crippen molar-refractivity contribution in [2.75, 3.05) is 6.54 Å². The van der Waals surface area contributed by atoms with E-state index in [9.17, 15) is 0 Å². The normalized spacial score (nSPS) is 10.2. The first kappa shape index (κ1) is 15.5. The largest absolute Gasteiger partial charge is 0.313 e. The Morgan fingerprint density at radius 2 is 1.62 bits per heavy atom. The summed E-state index contributed by atoms with van der Waals surface area (Å²) in [5, 5.41) is 3.47. The fourth-order valence-electron chi connectivity index (χ4n) is 1.52. The van der Waals surface area contributed by atoms with Crippen LogP contribution in [0.4, 0.5) is 0 Å². The molecule has 0 unspecified atom stereocenters. The lowest BCUT2D eigenvalue weighted by molar-refractivity contribution is 0.537. The van der Waals surface area contributed by atoms with Gasteiger partial charge >= 0.3 is 0 Å². The summed E-state index contributed by atoms with van der Waals surface area (Å²) in [7, 11) is 0. The number of benzene rings is 1. The molecule has 0 aliphatic rings. The van der Waals surface area contributed by atoms with E-state index in [1.165, 1.54) is 17.5 Å². The van der Waals surface area contributed by atoms with Gasteiger partial charge in [0.25, 0.3) is 0 Å². The van der Waals surface area contributed by atoms with E-state index in [2.05, 4.69) is 50.4 Å². The molecule has 1 rings (SSSR count). The maximum Gasteiger partial charge on any atom is 0.0205 e. The van der Waals surface area contributed by atoms with Gasteiger partial charge in [0.2, 0.25) is 0 Å². The number of hydrogen-bond acceptors (Lipinski definition) is 1. The Labute approximate surface area is 106 Å². The number of rotatable bonds is 6. The molecule has 1 nitrogen and oxygen atoms in total. The highest BCUT2D eigenvalue weighted by Gasteiger charge is 1.95. The molecule has 0 saturated carbocycles. The van der Waals surface area contributed by atoms with Crippen molar-refractivity contribution < 1.29 is 0 Å². The van der Waals surface area contributed by atoms with Gasteiger partial charge in [-0.05, 0) is 36.4 Å². The SMILES string of the molecule is CCc1ccc(CNCCC(C)C)cc1.Cl. The second kappa shape index (κ2) is 8.60. The molecule has 0 atom stereocenters. The Bertz CT molecular complexity index is 267. The molecule has 0 bridgehead atoms. The van der Waals surface area contributed by atoms with Crippen LogP contribution in [0, 0.1) is 5.92 Å². The molecule has 16 heavy (non-hydrogen) atoms. The summed E-state index contributed by atoms with van der Waals surface area (Å²) in [5.41, 5.74) is 2.80. The second-order valence-corrected chi connectivity index (χ2v) is 4.53. The van der Waals surface area contributed by atoms with Crippen molar-refractivity contribution >= 4 is 12.4 Å². The van der Waals surface area contributed by atoms with Gasteiger partial charge in [-0.15, -0.1) is 12.4 Å². The minimum absolute atomic E-state index is 0. The summed E-state index contributed by atoms with van der Waals surface area (Å²) in [6, 6.07) is 8.89. The van der Waals surface area contributed by atoms with Gasteiger partial charge in [-0.25, -0.2) is 0 Å². The highest BCUT2D eigenvalue weighted by molar-refractivity contribution is 5.85. The van der Waals surface area contributed by atoms with Crippen LogP contribution in [-0.4, -0.2) is 6.54 Å². The Balaban J connectivity index is 0.00000225. The van der Waals surface area contributed by atoms with Crippen LogP contribution in [0.5, 0.6) is 0 Å². The maximum atomic E-state index is 3.47. The van der Waals surface area contributed by atoms with Crippen molar-refractivity contribution in [3.63, 3.8) is 0 Å². The molecule has 0 heterocycles. The minimum atomic E-state index is 0. The van der Waals surface area contributed by atoms with E-state index in [0.29, 0.717) is 0 Å². The first-order chi connectivity index (χ1) is 7.22. The molecular formula is C14H24ClN. The van der Waals surface area contributed by atoms with Crippen LogP contribution in [0.2, 0.25) is 0 Å². The van der Waals surface area contributed by atoms with E-state index >= 15 is 0 Å². The molecule has 1 aromatic carbocycles. The van der Waals surface area contributed by atoms with Gasteiger partial charge in [0.15, 0.2) is 0 Å². The van der Waals surface area contributed by atoms with Gasteiger partial charge in [-0.2, -0.15) is 0 Å². The Hall–Kier alpha value is -0.530. The fraction of sp³-hybridized carbons (Fsp3) is 0.571. The van der Waals surface area contributed by atoms with E-state index in [1.807, 2.05) is 0 Å². The third kappa shape index (κ3) is 6.14. The van der Waals surface area contributed by atoms with Crippen molar-refractivity contribution in [3.8, 4) is 0 Å². The Morgan fingerprint density at radius 1 is 1.06 bits per heavy atom. The molecule has 0 spiro atoms. The lowest BCUT2D eigenvalue weighted by Gasteiger charge is -2.07. The van der Waals surface area contributed by atoms with E-state index in [0.717, 1.165) is 25.4 Å². The third-order valence-corrected chi connectivity index (χ3v) is 2.66. The summed E-state index contributed by atoms with van der Waals surface area (Å²) in [4.78, 5) is 0. The van der Waals surface area contributed by atoms with Gasteiger partial charge < -0.3 is 5.32 Å². The van der Waals surface area contributed by atoms with Crippen LogP contribution in [0.3, 0.4) is 0 Å².